The molecule has 0 saturated carbocycles. The van der Waals surface area contributed by atoms with Crippen LogP contribution in [-0.2, 0) is 13.1 Å². The fourth-order valence-corrected chi connectivity index (χ4v) is 13.0. The first-order chi connectivity index (χ1) is 20.1. The summed E-state index contributed by atoms with van der Waals surface area (Å²) in [7, 11) is 0. The van der Waals surface area contributed by atoms with E-state index in [4.69, 9.17) is 0 Å². The lowest BCUT2D eigenvalue weighted by atomic mass is 9.94. The zero-order valence-corrected chi connectivity index (χ0v) is 35.2. The Morgan fingerprint density at radius 1 is 0.381 bits per heavy atom. The predicted molar refractivity (Wildman–Crippen MR) is 210 cm³/mol. The molecule has 0 N–H and O–H groups in total. The van der Waals surface area contributed by atoms with Gasteiger partial charge in [0.15, 0.2) is 0 Å². The monoisotopic (exact) mass is 1070 g/mol. The molecule has 0 amide bonds. The highest BCUT2D eigenvalue weighted by Gasteiger charge is 2.29. The molecule has 0 atom stereocenters. The van der Waals surface area contributed by atoms with Crippen LogP contribution in [0, 0.1) is 0 Å². The summed E-state index contributed by atoms with van der Waals surface area (Å²) in [6.07, 6.45) is 4.42. The van der Waals surface area contributed by atoms with Gasteiger partial charge in [-0.3, -0.25) is 0 Å². The van der Waals surface area contributed by atoms with Crippen molar-refractivity contribution < 1.29 is 0 Å². The summed E-state index contributed by atoms with van der Waals surface area (Å²) in [4.78, 5) is 0. The van der Waals surface area contributed by atoms with Crippen LogP contribution >= 0.6 is 127 Å². The number of unbranched alkanes of at least 4 members (excludes halogenated alkanes) is 2. The van der Waals surface area contributed by atoms with Crippen molar-refractivity contribution in [1.29, 1.82) is 0 Å². The van der Waals surface area contributed by atoms with Crippen molar-refractivity contribution >= 4 is 193 Å². The van der Waals surface area contributed by atoms with Gasteiger partial charge in [0.1, 0.15) is 0 Å². The Kier molecular flexibility index (Phi) is 8.50. The molecule has 0 aliphatic heterocycles. The van der Waals surface area contributed by atoms with Gasteiger partial charge < -0.3 is 9.13 Å². The Morgan fingerprint density at radius 2 is 0.619 bits per heavy atom. The standard InChI is InChI=1S/C32H22Br8N2/c1-3-5-7-41-29-17(37)9-13(33)21-23-15(35)11-19(39)31-27(23)28-24(16(36)12-20(40)32(28)42(31)8-6-4-2)22-14(34)10-18(38)30(41)26(22)25(21)29/h9-12H,3-8H2,1-2H3. The highest BCUT2D eigenvalue weighted by Crippen LogP contribution is 2.55. The molecule has 0 radical (unpaired) electrons. The Bertz CT molecular complexity index is 1950. The first-order valence-corrected chi connectivity index (χ1v) is 20.1. The average molecular weight is 1070 g/mol. The third-order valence-electron chi connectivity index (χ3n) is 8.37. The SMILES string of the molecule is CCCCn1c2c(Br)cc(Br)c3c4c(Br)cc(Br)c5c4c4c(c(Br)cc(Br)c4n5CCCC)c4c(Br)cc(Br)c1c4c32. The molecule has 0 fully saturated rings. The number of benzene rings is 4. The minimum Gasteiger partial charge on any atom is -0.339 e. The molecule has 0 unspecified atom stereocenters. The smallest absolute Gasteiger partial charge is 0.0643 e. The number of aromatic nitrogens is 2. The summed E-state index contributed by atoms with van der Waals surface area (Å²) in [5.41, 5.74) is 4.88. The van der Waals surface area contributed by atoms with Gasteiger partial charge in [-0.05, 0) is 101 Å². The molecule has 0 aliphatic carbocycles. The van der Waals surface area contributed by atoms with E-state index in [1.54, 1.807) is 0 Å². The maximum Gasteiger partial charge on any atom is 0.0643 e. The lowest BCUT2D eigenvalue weighted by molar-refractivity contribution is 0.664. The lowest BCUT2D eigenvalue weighted by Gasteiger charge is -2.14. The van der Waals surface area contributed by atoms with Gasteiger partial charge in [-0.1, -0.05) is 90.4 Å². The molecule has 2 aromatic heterocycles. The lowest BCUT2D eigenvalue weighted by Crippen LogP contribution is -1.99. The Balaban J connectivity index is 1.99. The molecule has 2 nitrogen and oxygen atoms in total. The van der Waals surface area contributed by atoms with Gasteiger partial charge in [0.2, 0.25) is 0 Å². The number of aryl methyl sites for hydroxylation is 2. The van der Waals surface area contributed by atoms with E-state index >= 15 is 0 Å². The average Bonchev–Trinajstić information content (AvgIpc) is 3.43. The molecule has 42 heavy (non-hydrogen) atoms. The first-order valence-electron chi connectivity index (χ1n) is 13.8. The minimum atomic E-state index is 0.930. The van der Waals surface area contributed by atoms with Gasteiger partial charge in [0.05, 0.1) is 22.1 Å². The summed E-state index contributed by atoms with van der Waals surface area (Å²) < 4.78 is 13.6. The van der Waals surface area contributed by atoms with E-state index in [0.717, 1.165) is 74.6 Å². The van der Waals surface area contributed by atoms with Gasteiger partial charge in [-0.25, -0.2) is 0 Å². The van der Waals surface area contributed by atoms with Crippen LogP contribution in [0.3, 0.4) is 0 Å². The fraction of sp³-hybridized carbons (Fsp3) is 0.250. The number of hydrogen-bond donors (Lipinski definition) is 0. The van der Waals surface area contributed by atoms with Crippen molar-refractivity contribution in [2.24, 2.45) is 0 Å². The van der Waals surface area contributed by atoms with E-state index in [-0.39, 0.29) is 0 Å². The molecular weight excluding hydrogens is 1050 g/mol. The Morgan fingerprint density at radius 3 is 0.833 bits per heavy atom. The van der Waals surface area contributed by atoms with E-state index in [1.807, 2.05) is 0 Å². The fourth-order valence-electron chi connectivity index (χ4n) is 6.75. The van der Waals surface area contributed by atoms with Gasteiger partial charge in [0, 0.05) is 92.0 Å². The molecule has 0 bridgehead atoms. The van der Waals surface area contributed by atoms with Crippen LogP contribution in [0.2, 0.25) is 0 Å². The maximum atomic E-state index is 4.07. The van der Waals surface area contributed by atoms with Gasteiger partial charge in [-0.2, -0.15) is 0 Å². The molecule has 5 aromatic carbocycles. The largest absolute Gasteiger partial charge is 0.339 e. The Hall–Kier alpha value is 0.320. The highest BCUT2D eigenvalue weighted by molar-refractivity contribution is 9.12. The second-order valence-corrected chi connectivity index (χ2v) is 17.6. The van der Waals surface area contributed by atoms with Crippen LogP contribution in [0.5, 0.6) is 0 Å². The van der Waals surface area contributed by atoms with Crippen molar-refractivity contribution in [2.75, 3.05) is 0 Å². The zero-order chi connectivity index (χ0) is 29.8. The van der Waals surface area contributed by atoms with Crippen LogP contribution in [0.1, 0.15) is 39.5 Å². The summed E-state index contributed by atoms with van der Waals surface area (Å²) in [5, 5.41) is 9.83. The predicted octanol–water partition coefficient (Wildman–Crippen LogP) is 15.3. The van der Waals surface area contributed by atoms with Crippen molar-refractivity contribution in [2.45, 2.75) is 52.6 Å². The summed E-state index contributed by atoms with van der Waals surface area (Å²) in [6, 6.07) is 8.91. The van der Waals surface area contributed by atoms with Crippen molar-refractivity contribution in [3.8, 4) is 0 Å². The van der Waals surface area contributed by atoms with E-state index in [1.165, 1.54) is 65.2 Å². The van der Waals surface area contributed by atoms with E-state index in [2.05, 4.69) is 175 Å². The second kappa shape index (κ2) is 11.5. The molecule has 10 heteroatoms. The van der Waals surface area contributed by atoms with Crippen LogP contribution in [0.4, 0.5) is 0 Å². The van der Waals surface area contributed by atoms with Crippen LogP contribution in [-0.4, -0.2) is 9.13 Å². The number of nitrogens with zero attached hydrogens (tertiary/aromatic N) is 2. The van der Waals surface area contributed by atoms with Crippen molar-refractivity contribution in [1.82, 2.24) is 9.13 Å². The van der Waals surface area contributed by atoms with E-state index in [9.17, 15) is 0 Å². The molecule has 0 saturated heterocycles. The number of rotatable bonds is 6. The zero-order valence-electron chi connectivity index (χ0n) is 22.5. The molecule has 0 spiro atoms. The normalized spacial score (nSPS) is 12.6. The molecule has 2 heterocycles. The second-order valence-electron chi connectivity index (χ2n) is 10.8. The summed E-state index contributed by atoms with van der Waals surface area (Å²) in [5.74, 6) is 0. The molecule has 7 aromatic rings. The van der Waals surface area contributed by atoms with E-state index < -0.39 is 0 Å². The van der Waals surface area contributed by atoms with Crippen LogP contribution in [0.15, 0.2) is 60.0 Å². The maximum absolute atomic E-state index is 4.07. The Labute approximate surface area is 310 Å². The van der Waals surface area contributed by atoms with Crippen molar-refractivity contribution in [3.05, 3.63) is 60.0 Å². The van der Waals surface area contributed by atoms with Crippen LogP contribution in [0.25, 0.3) is 65.2 Å². The third kappa shape index (κ3) is 4.31. The van der Waals surface area contributed by atoms with Gasteiger partial charge in [-0.15, -0.1) is 0 Å². The summed E-state index contributed by atoms with van der Waals surface area (Å²) in [6.45, 7) is 6.37. The molecular formula is C32H22Br8N2. The number of fused-ring (bicyclic) bond motifs is 2. The van der Waals surface area contributed by atoms with E-state index in [0.29, 0.717) is 0 Å². The quantitative estimate of drug-likeness (QED) is 0.157. The van der Waals surface area contributed by atoms with Gasteiger partial charge in [0.25, 0.3) is 0 Å². The highest BCUT2D eigenvalue weighted by atomic mass is 79.9. The van der Waals surface area contributed by atoms with Crippen molar-refractivity contribution in [3.63, 3.8) is 0 Å². The topological polar surface area (TPSA) is 9.86 Å². The number of hydrogen-bond acceptors (Lipinski definition) is 0. The van der Waals surface area contributed by atoms with Crippen LogP contribution < -0.4 is 0 Å². The number of halogens is 8. The first kappa shape index (κ1) is 30.9. The molecule has 0 aliphatic rings. The molecule has 7 rings (SSSR count). The minimum absolute atomic E-state index is 0.930. The third-order valence-corrected chi connectivity index (χ3v) is 13.3. The molecule has 216 valence electrons. The van der Waals surface area contributed by atoms with Gasteiger partial charge >= 0.3 is 0 Å². The summed E-state index contributed by atoms with van der Waals surface area (Å²) >= 11 is 32.3.